The summed E-state index contributed by atoms with van der Waals surface area (Å²) in [4.78, 5) is 26.6. The van der Waals surface area contributed by atoms with Crippen LogP contribution in [0.2, 0.25) is 0 Å². The molecule has 0 bridgehead atoms. The summed E-state index contributed by atoms with van der Waals surface area (Å²) in [6.07, 6.45) is 1.35. The number of nitriles is 1. The lowest BCUT2D eigenvalue weighted by Gasteiger charge is -2.05. The lowest BCUT2D eigenvalue weighted by Crippen LogP contribution is -2.13. The summed E-state index contributed by atoms with van der Waals surface area (Å²) >= 11 is 1.03. The Hall–Kier alpha value is -2.79. The first-order valence-corrected chi connectivity index (χ1v) is 6.26. The molecular formula is C12H8N4O3S. The van der Waals surface area contributed by atoms with Crippen LogP contribution in [0.3, 0.4) is 0 Å². The van der Waals surface area contributed by atoms with Gasteiger partial charge in [-0.05, 0) is 13.0 Å². The van der Waals surface area contributed by atoms with Crippen molar-refractivity contribution in [1.82, 2.24) is 4.98 Å². The molecule has 1 heterocycles. The summed E-state index contributed by atoms with van der Waals surface area (Å²) in [5.41, 5.74) is 0.370. The van der Waals surface area contributed by atoms with Gasteiger partial charge >= 0.3 is 0 Å². The van der Waals surface area contributed by atoms with Gasteiger partial charge in [0.05, 0.1) is 11.1 Å². The molecule has 7 nitrogen and oxygen atoms in total. The zero-order valence-electron chi connectivity index (χ0n) is 10.3. The van der Waals surface area contributed by atoms with Crippen LogP contribution in [0.25, 0.3) is 0 Å². The molecule has 0 unspecified atom stereocenters. The lowest BCUT2D eigenvalue weighted by atomic mass is 10.1. The van der Waals surface area contributed by atoms with E-state index in [-0.39, 0.29) is 21.9 Å². The first-order chi connectivity index (χ1) is 9.52. The Morgan fingerprint density at radius 2 is 2.30 bits per heavy atom. The van der Waals surface area contributed by atoms with Crippen LogP contribution in [0, 0.1) is 28.4 Å². The smallest absolute Gasteiger partial charge is 0.273 e. The van der Waals surface area contributed by atoms with E-state index in [0.717, 1.165) is 11.3 Å². The van der Waals surface area contributed by atoms with E-state index in [0.29, 0.717) is 4.88 Å². The monoisotopic (exact) mass is 288 g/mol. The molecule has 0 aliphatic carbocycles. The minimum absolute atomic E-state index is 0.116. The highest BCUT2D eigenvalue weighted by atomic mass is 32.1. The van der Waals surface area contributed by atoms with Gasteiger partial charge in [0.15, 0.2) is 5.13 Å². The molecule has 0 aliphatic heterocycles. The topological polar surface area (TPSA) is 109 Å². The van der Waals surface area contributed by atoms with E-state index in [1.165, 1.54) is 31.3 Å². The molecule has 1 amide bonds. The fraction of sp³-hybridized carbons (Fsp3) is 0.0833. The maximum absolute atomic E-state index is 12.1. The number of benzene rings is 1. The molecule has 1 N–H and O–H groups in total. The van der Waals surface area contributed by atoms with Crippen LogP contribution in [-0.4, -0.2) is 15.8 Å². The Labute approximate surface area is 117 Å². The predicted molar refractivity (Wildman–Crippen MR) is 72.6 cm³/mol. The molecule has 1 aromatic heterocycles. The van der Waals surface area contributed by atoms with Crippen LogP contribution < -0.4 is 5.32 Å². The van der Waals surface area contributed by atoms with E-state index < -0.39 is 10.8 Å². The van der Waals surface area contributed by atoms with Gasteiger partial charge in [-0.1, -0.05) is 17.4 Å². The van der Waals surface area contributed by atoms with Gasteiger partial charge in [0.25, 0.3) is 11.6 Å². The van der Waals surface area contributed by atoms with Gasteiger partial charge in [0.1, 0.15) is 10.9 Å². The van der Waals surface area contributed by atoms with Gasteiger partial charge in [-0.25, -0.2) is 4.98 Å². The Kier molecular flexibility index (Phi) is 3.72. The molecule has 0 spiro atoms. The van der Waals surface area contributed by atoms with Crippen molar-refractivity contribution < 1.29 is 9.72 Å². The van der Waals surface area contributed by atoms with Crippen molar-refractivity contribution in [1.29, 1.82) is 5.26 Å². The van der Waals surface area contributed by atoms with Crippen molar-refractivity contribution in [3.63, 3.8) is 0 Å². The number of nitro benzene ring substituents is 1. The molecular weight excluding hydrogens is 280 g/mol. The number of carbonyl (C=O) groups excluding carboxylic acids is 1. The lowest BCUT2D eigenvalue weighted by molar-refractivity contribution is -0.385. The average molecular weight is 288 g/mol. The van der Waals surface area contributed by atoms with Crippen molar-refractivity contribution in [3.05, 3.63) is 50.5 Å². The largest absolute Gasteiger partial charge is 0.298 e. The summed E-state index contributed by atoms with van der Waals surface area (Å²) in [6.45, 7) is 1.51. The first-order valence-electron chi connectivity index (χ1n) is 5.44. The third-order valence-electron chi connectivity index (χ3n) is 2.58. The number of amides is 1. The van der Waals surface area contributed by atoms with Crippen molar-refractivity contribution in [3.8, 4) is 6.07 Å². The number of nitrogens with zero attached hydrogens (tertiary/aromatic N) is 3. The van der Waals surface area contributed by atoms with Gasteiger partial charge in [0.2, 0.25) is 0 Å². The zero-order valence-corrected chi connectivity index (χ0v) is 11.1. The Morgan fingerprint density at radius 1 is 1.55 bits per heavy atom. The van der Waals surface area contributed by atoms with E-state index in [1.54, 1.807) is 0 Å². The highest BCUT2D eigenvalue weighted by Crippen LogP contribution is 2.23. The van der Waals surface area contributed by atoms with Gasteiger partial charge in [-0.3, -0.25) is 20.2 Å². The molecule has 2 rings (SSSR count). The number of hydrogen-bond acceptors (Lipinski definition) is 6. The van der Waals surface area contributed by atoms with Crippen molar-refractivity contribution in [2.75, 3.05) is 5.32 Å². The normalized spacial score (nSPS) is 9.80. The third kappa shape index (κ3) is 2.62. The standard InChI is InChI=1S/C12H8N4O3S/c1-7-9(3-2-4-10(7)16(18)19)11(17)15-12-14-6-8(5-13)20-12/h2-4,6H,1H3,(H,14,15,17). The predicted octanol–water partition coefficient (Wildman–Crippen LogP) is 2.48. The number of nitro groups is 1. The number of thiazole rings is 1. The summed E-state index contributed by atoms with van der Waals surface area (Å²) in [5, 5.41) is 22.3. The molecule has 0 saturated carbocycles. The van der Waals surface area contributed by atoms with Crippen LogP contribution in [0.5, 0.6) is 0 Å². The Bertz CT molecular complexity index is 733. The second-order valence-electron chi connectivity index (χ2n) is 3.80. The highest BCUT2D eigenvalue weighted by molar-refractivity contribution is 7.16. The number of rotatable bonds is 3. The van der Waals surface area contributed by atoms with Crippen LogP contribution in [0.15, 0.2) is 24.4 Å². The average Bonchev–Trinajstić information content (AvgIpc) is 2.86. The van der Waals surface area contributed by atoms with Crippen LogP contribution in [0.4, 0.5) is 10.8 Å². The summed E-state index contributed by atoms with van der Waals surface area (Å²) in [6, 6.07) is 6.19. The molecule has 100 valence electrons. The van der Waals surface area contributed by atoms with E-state index in [2.05, 4.69) is 10.3 Å². The zero-order chi connectivity index (χ0) is 14.7. The number of anilines is 1. The van der Waals surface area contributed by atoms with E-state index in [1.807, 2.05) is 6.07 Å². The molecule has 0 atom stereocenters. The molecule has 2 aromatic rings. The van der Waals surface area contributed by atoms with Crippen molar-refractivity contribution >= 4 is 28.1 Å². The molecule has 20 heavy (non-hydrogen) atoms. The molecule has 0 aliphatic rings. The van der Waals surface area contributed by atoms with Gasteiger partial charge in [0, 0.05) is 17.2 Å². The second-order valence-corrected chi connectivity index (χ2v) is 4.83. The van der Waals surface area contributed by atoms with E-state index in [4.69, 9.17) is 5.26 Å². The van der Waals surface area contributed by atoms with Crippen LogP contribution in [-0.2, 0) is 0 Å². The van der Waals surface area contributed by atoms with Crippen molar-refractivity contribution in [2.45, 2.75) is 6.92 Å². The summed E-state index contributed by atoms with van der Waals surface area (Å²) in [5.74, 6) is -0.495. The fourth-order valence-electron chi connectivity index (χ4n) is 1.62. The molecule has 8 heteroatoms. The molecule has 1 aromatic carbocycles. The van der Waals surface area contributed by atoms with Gasteiger partial charge in [-0.15, -0.1) is 0 Å². The first kappa shape index (κ1) is 13.6. The van der Waals surface area contributed by atoms with Crippen molar-refractivity contribution in [2.24, 2.45) is 0 Å². The maximum Gasteiger partial charge on any atom is 0.273 e. The summed E-state index contributed by atoms with van der Waals surface area (Å²) < 4.78 is 0. The fourth-order valence-corrected chi connectivity index (χ4v) is 2.22. The third-order valence-corrected chi connectivity index (χ3v) is 3.40. The minimum Gasteiger partial charge on any atom is -0.298 e. The Morgan fingerprint density at radius 3 is 2.90 bits per heavy atom. The number of aromatic nitrogens is 1. The highest BCUT2D eigenvalue weighted by Gasteiger charge is 2.18. The van der Waals surface area contributed by atoms with Crippen LogP contribution >= 0.6 is 11.3 Å². The number of nitrogens with one attached hydrogen (secondary N) is 1. The van der Waals surface area contributed by atoms with E-state index >= 15 is 0 Å². The SMILES string of the molecule is Cc1c(C(=O)Nc2ncc(C#N)s2)cccc1[N+](=O)[O-]. The number of carbonyl (C=O) groups is 1. The van der Waals surface area contributed by atoms with E-state index in [9.17, 15) is 14.9 Å². The van der Waals surface area contributed by atoms with Crippen LogP contribution in [0.1, 0.15) is 20.8 Å². The molecule has 0 saturated heterocycles. The Balaban J connectivity index is 2.28. The quantitative estimate of drug-likeness (QED) is 0.689. The molecule has 0 radical (unpaired) electrons. The second kappa shape index (κ2) is 5.46. The minimum atomic E-state index is -0.538. The maximum atomic E-state index is 12.1. The van der Waals surface area contributed by atoms with Gasteiger partial charge in [-0.2, -0.15) is 5.26 Å². The van der Waals surface area contributed by atoms with Gasteiger partial charge < -0.3 is 0 Å². The number of hydrogen-bond donors (Lipinski definition) is 1. The molecule has 0 fully saturated rings. The summed E-state index contributed by atoms with van der Waals surface area (Å²) in [7, 11) is 0.